The summed E-state index contributed by atoms with van der Waals surface area (Å²) in [5.41, 5.74) is 4.58. The van der Waals surface area contributed by atoms with Crippen LogP contribution in [0.15, 0.2) is 59.7 Å². The van der Waals surface area contributed by atoms with Crippen molar-refractivity contribution in [3.8, 4) is 5.75 Å². The van der Waals surface area contributed by atoms with Crippen molar-refractivity contribution < 1.29 is 19.1 Å². The van der Waals surface area contributed by atoms with Crippen LogP contribution in [0.2, 0.25) is 0 Å². The lowest BCUT2D eigenvalue weighted by atomic mass is 9.84. The number of aromatic nitrogens is 3. The number of hydrogen-bond acceptors (Lipinski definition) is 8. The van der Waals surface area contributed by atoms with Crippen molar-refractivity contribution in [1.82, 2.24) is 24.6 Å². The number of aryl methyl sites for hydroxylation is 1. The molecule has 2 N–H and O–H groups in total. The van der Waals surface area contributed by atoms with Gasteiger partial charge in [-0.05, 0) is 112 Å². The van der Waals surface area contributed by atoms with E-state index in [0.717, 1.165) is 80.4 Å². The van der Waals surface area contributed by atoms with Crippen LogP contribution < -0.4 is 25.8 Å². The summed E-state index contributed by atoms with van der Waals surface area (Å²) in [6.45, 7) is 7.23. The zero-order chi connectivity index (χ0) is 36.6. The number of piperidine rings is 1. The average molecular weight is 720 g/mol. The zero-order valence-corrected chi connectivity index (χ0v) is 30.7. The molecule has 2 saturated heterocycles. The normalized spacial score (nSPS) is 22.5. The van der Waals surface area contributed by atoms with Gasteiger partial charge in [0.1, 0.15) is 11.4 Å². The molecule has 12 heteroatoms. The topological polar surface area (TPSA) is 131 Å². The minimum atomic E-state index is -0.375. The van der Waals surface area contributed by atoms with Crippen LogP contribution in [0.4, 0.5) is 11.4 Å². The summed E-state index contributed by atoms with van der Waals surface area (Å²) in [5.74, 6) is 0.150. The molecule has 0 spiro atoms. The number of benzene rings is 2. The van der Waals surface area contributed by atoms with E-state index in [2.05, 4.69) is 50.2 Å². The summed E-state index contributed by atoms with van der Waals surface area (Å²) < 4.78 is 9.38. The third-order valence-electron chi connectivity index (χ3n) is 11.9. The number of carbonyl (C=O) groups is 3. The number of anilines is 2. The maximum atomic E-state index is 13.4. The Kier molecular flexibility index (Phi) is 9.80. The molecule has 3 amide bonds. The highest BCUT2D eigenvalue weighted by Crippen LogP contribution is 2.36. The number of carbonyl (C=O) groups excluding carboxylic acids is 3. The Bertz CT molecular complexity index is 2090. The molecule has 53 heavy (non-hydrogen) atoms. The van der Waals surface area contributed by atoms with Gasteiger partial charge >= 0.3 is 0 Å². The first-order chi connectivity index (χ1) is 25.7. The van der Waals surface area contributed by atoms with Crippen LogP contribution in [0, 0.1) is 12.8 Å². The molecule has 2 saturated carbocycles. The predicted octanol–water partition coefficient (Wildman–Crippen LogP) is 5.57. The van der Waals surface area contributed by atoms with Gasteiger partial charge in [-0.25, -0.2) is 0 Å². The van der Waals surface area contributed by atoms with Crippen LogP contribution >= 0.6 is 0 Å². The van der Waals surface area contributed by atoms with E-state index in [9.17, 15) is 19.2 Å². The van der Waals surface area contributed by atoms with Gasteiger partial charge in [0, 0.05) is 68.2 Å². The number of ether oxygens (including phenoxy) is 1. The molecule has 4 heterocycles. The molecule has 2 aliphatic heterocycles. The van der Waals surface area contributed by atoms with Gasteiger partial charge in [-0.3, -0.25) is 34.1 Å². The van der Waals surface area contributed by atoms with E-state index >= 15 is 0 Å². The lowest BCUT2D eigenvalue weighted by molar-refractivity contribution is -0.134. The molecule has 1 atom stereocenters. The van der Waals surface area contributed by atoms with Crippen molar-refractivity contribution in [1.29, 1.82) is 0 Å². The van der Waals surface area contributed by atoms with Gasteiger partial charge in [-0.15, -0.1) is 0 Å². The number of amides is 3. The molecule has 0 bridgehead atoms. The largest absolute Gasteiger partial charge is 0.496 e. The van der Waals surface area contributed by atoms with E-state index in [4.69, 9.17) is 9.84 Å². The third kappa shape index (κ3) is 7.46. The van der Waals surface area contributed by atoms with E-state index in [1.165, 1.54) is 24.9 Å². The molecule has 4 aromatic rings. The Morgan fingerprint density at radius 1 is 0.943 bits per heavy atom. The van der Waals surface area contributed by atoms with Gasteiger partial charge in [0.05, 0.1) is 30.1 Å². The first-order valence-corrected chi connectivity index (χ1v) is 19.2. The maximum absolute atomic E-state index is 13.4. The van der Waals surface area contributed by atoms with Crippen molar-refractivity contribution >= 4 is 40.0 Å². The molecule has 4 aliphatic rings. The molecule has 2 aromatic carbocycles. The minimum absolute atomic E-state index is 0.178. The monoisotopic (exact) mass is 719 g/mol. The number of hydrogen-bond donors (Lipinski definition) is 2. The number of methoxy groups -OCH3 is 1. The molecule has 2 aliphatic carbocycles. The van der Waals surface area contributed by atoms with Crippen molar-refractivity contribution in [2.45, 2.75) is 82.7 Å². The number of fused-ring (bicyclic) bond motifs is 1. The summed E-state index contributed by atoms with van der Waals surface area (Å²) in [6, 6.07) is 14.0. The first kappa shape index (κ1) is 35.1. The van der Waals surface area contributed by atoms with Crippen LogP contribution in [-0.2, 0) is 9.59 Å². The Morgan fingerprint density at radius 3 is 2.43 bits per heavy atom. The van der Waals surface area contributed by atoms with Crippen LogP contribution in [0.3, 0.4) is 0 Å². The molecular formula is C41H49N7O5. The number of rotatable bonds is 10. The fourth-order valence-corrected chi connectivity index (χ4v) is 8.57. The van der Waals surface area contributed by atoms with Gasteiger partial charge in [0.2, 0.25) is 11.8 Å². The Balaban J connectivity index is 0.819. The summed E-state index contributed by atoms with van der Waals surface area (Å²) >= 11 is 0. The summed E-state index contributed by atoms with van der Waals surface area (Å²) in [5, 5.41) is 11.1. The molecule has 4 fully saturated rings. The molecule has 278 valence electrons. The van der Waals surface area contributed by atoms with E-state index in [1.54, 1.807) is 30.0 Å². The SMILES string of the molecule is COc1cc2nn(C3CCC(CCN4CCN(c5ccc(C6CCC(=O)NC6=O)c(C)c5)CC4)CC3)cc2cc1C(=O)Nc1cccn(C2CC2)c1=O. The highest BCUT2D eigenvalue weighted by Gasteiger charge is 2.30. The number of piperazine rings is 1. The maximum Gasteiger partial charge on any atom is 0.274 e. The summed E-state index contributed by atoms with van der Waals surface area (Å²) in [7, 11) is 1.55. The van der Waals surface area contributed by atoms with Crippen molar-refractivity contribution in [2.24, 2.45) is 5.92 Å². The molecule has 2 aromatic heterocycles. The quantitative estimate of drug-likeness (QED) is 0.204. The van der Waals surface area contributed by atoms with Gasteiger partial charge in [0.25, 0.3) is 11.5 Å². The molecule has 1 unspecified atom stereocenters. The fourth-order valence-electron chi connectivity index (χ4n) is 8.57. The number of nitrogens with zero attached hydrogens (tertiary/aromatic N) is 5. The van der Waals surface area contributed by atoms with Gasteiger partial charge in [-0.1, -0.05) is 6.07 Å². The Hall–Kier alpha value is -4.97. The van der Waals surface area contributed by atoms with Crippen molar-refractivity contribution in [2.75, 3.05) is 50.1 Å². The Labute approximate surface area is 309 Å². The number of pyridine rings is 1. The highest BCUT2D eigenvalue weighted by atomic mass is 16.5. The summed E-state index contributed by atoms with van der Waals surface area (Å²) in [4.78, 5) is 55.4. The van der Waals surface area contributed by atoms with E-state index in [0.29, 0.717) is 36.1 Å². The van der Waals surface area contributed by atoms with Gasteiger partial charge in [-0.2, -0.15) is 5.10 Å². The van der Waals surface area contributed by atoms with Gasteiger partial charge < -0.3 is 19.5 Å². The van der Waals surface area contributed by atoms with E-state index < -0.39 is 0 Å². The second-order valence-electron chi connectivity index (χ2n) is 15.4. The predicted molar refractivity (Wildman–Crippen MR) is 204 cm³/mol. The third-order valence-corrected chi connectivity index (χ3v) is 11.9. The lowest BCUT2D eigenvalue weighted by Gasteiger charge is -2.37. The Morgan fingerprint density at radius 2 is 1.72 bits per heavy atom. The first-order valence-electron chi connectivity index (χ1n) is 19.2. The standard InChI is InChI=1S/C41H49N7O5/c1-26-22-31(11-12-32(26)33-13-14-38(49)43-39(33)50)46-20-18-45(19-21-46)17-15-27-5-7-30(8-6-27)48-25-28-23-34(37(53-2)24-36(28)44-48)40(51)42-35-4-3-16-47(41(35)52)29-9-10-29/h3-4,11-12,16,22-25,27,29-30,33H,5-10,13-15,17-21H2,1-2H3,(H,42,51)(H,43,49,50). The molecular weight excluding hydrogens is 670 g/mol. The van der Waals surface area contributed by atoms with Gasteiger partial charge in [0.15, 0.2) is 0 Å². The molecule has 0 radical (unpaired) electrons. The number of nitrogens with one attached hydrogen (secondary N) is 2. The number of imide groups is 1. The van der Waals surface area contributed by atoms with Crippen LogP contribution in [0.1, 0.15) is 97.3 Å². The van der Waals surface area contributed by atoms with Crippen molar-refractivity contribution in [3.05, 3.63) is 81.9 Å². The lowest BCUT2D eigenvalue weighted by Crippen LogP contribution is -2.47. The van der Waals surface area contributed by atoms with E-state index in [-0.39, 0.29) is 40.9 Å². The molecule has 8 rings (SSSR count). The van der Waals surface area contributed by atoms with Crippen molar-refractivity contribution in [3.63, 3.8) is 0 Å². The second-order valence-corrected chi connectivity index (χ2v) is 15.4. The van der Waals surface area contributed by atoms with Crippen LogP contribution in [-0.4, -0.2) is 76.8 Å². The van der Waals surface area contributed by atoms with E-state index in [1.807, 2.05) is 18.3 Å². The zero-order valence-electron chi connectivity index (χ0n) is 30.7. The minimum Gasteiger partial charge on any atom is -0.496 e. The smallest absolute Gasteiger partial charge is 0.274 e. The van der Waals surface area contributed by atoms with Crippen LogP contribution in [0.25, 0.3) is 10.9 Å². The second kappa shape index (κ2) is 14.8. The highest BCUT2D eigenvalue weighted by molar-refractivity contribution is 6.08. The molecule has 12 nitrogen and oxygen atoms in total. The fraction of sp³-hybridized carbons (Fsp3) is 0.488. The van der Waals surface area contributed by atoms with Crippen LogP contribution in [0.5, 0.6) is 5.75 Å². The summed E-state index contributed by atoms with van der Waals surface area (Å²) in [6.07, 6.45) is 12.5. The average Bonchev–Trinajstić information content (AvgIpc) is 3.93.